The van der Waals surface area contributed by atoms with Crippen molar-refractivity contribution in [2.75, 3.05) is 6.54 Å². The van der Waals surface area contributed by atoms with E-state index in [0.717, 1.165) is 40.1 Å². The number of rotatable bonds is 2. The molecule has 0 spiro atoms. The molecule has 3 rings (SSSR count). The lowest BCUT2D eigenvalue weighted by atomic mass is 10.1. The molecule has 0 aliphatic carbocycles. The number of nitrogens with one attached hydrogen (secondary N) is 2. The van der Waals surface area contributed by atoms with Gasteiger partial charge in [-0.15, -0.1) is 0 Å². The Balaban J connectivity index is 1.96. The predicted octanol–water partition coefficient (Wildman–Crippen LogP) is 1.77. The fourth-order valence-corrected chi connectivity index (χ4v) is 2.75. The number of fused-ring (bicyclic) bond motifs is 1. The summed E-state index contributed by atoms with van der Waals surface area (Å²) in [5.74, 6) is 0.722. The Bertz CT molecular complexity index is 666. The summed E-state index contributed by atoms with van der Waals surface area (Å²) in [4.78, 5) is 19.5. The van der Waals surface area contributed by atoms with Gasteiger partial charge in [-0.25, -0.2) is 4.98 Å². The van der Waals surface area contributed by atoms with Gasteiger partial charge >= 0.3 is 0 Å². The number of hydrogen-bond acceptors (Lipinski definition) is 3. The summed E-state index contributed by atoms with van der Waals surface area (Å²) < 4.78 is 1.04. The normalized spacial score (nSPS) is 14.2. The van der Waals surface area contributed by atoms with Crippen molar-refractivity contribution in [1.82, 2.24) is 15.3 Å². The summed E-state index contributed by atoms with van der Waals surface area (Å²) in [6.07, 6.45) is 1.39. The smallest absolute Gasteiger partial charge is 0.254 e. The predicted molar refractivity (Wildman–Crippen MR) is 77.2 cm³/mol. The van der Waals surface area contributed by atoms with Gasteiger partial charge in [0.05, 0.1) is 5.69 Å². The highest BCUT2D eigenvalue weighted by Gasteiger charge is 2.15. The zero-order valence-electron chi connectivity index (χ0n) is 10.4. The summed E-state index contributed by atoms with van der Waals surface area (Å²) in [6, 6.07) is 7.98. The van der Waals surface area contributed by atoms with Crippen LogP contribution in [0.3, 0.4) is 0 Å². The van der Waals surface area contributed by atoms with Crippen LogP contribution >= 0.6 is 15.9 Å². The van der Waals surface area contributed by atoms with E-state index in [0.29, 0.717) is 13.0 Å². The molecule has 4 nitrogen and oxygen atoms in total. The topological polar surface area (TPSA) is 57.8 Å². The Labute approximate surface area is 119 Å². The maximum absolute atomic E-state index is 12.0. The Morgan fingerprint density at radius 2 is 2.16 bits per heavy atom. The van der Waals surface area contributed by atoms with Crippen LogP contribution in [-0.4, -0.2) is 16.5 Å². The van der Waals surface area contributed by atoms with Gasteiger partial charge in [0.1, 0.15) is 5.82 Å². The maximum atomic E-state index is 12.0. The molecule has 1 aliphatic rings. The molecule has 2 aromatic rings. The van der Waals surface area contributed by atoms with Crippen molar-refractivity contribution in [2.24, 2.45) is 0 Å². The second kappa shape index (κ2) is 5.27. The molecule has 5 heteroatoms. The first-order valence-corrected chi connectivity index (χ1v) is 7.08. The van der Waals surface area contributed by atoms with Gasteiger partial charge in [-0.3, -0.25) is 4.79 Å². The van der Waals surface area contributed by atoms with Gasteiger partial charge < -0.3 is 10.3 Å². The average molecular weight is 320 g/mol. The molecule has 0 atom stereocenters. The van der Waals surface area contributed by atoms with E-state index in [2.05, 4.69) is 31.2 Å². The van der Waals surface area contributed by atoms with Crippen LogP contribution in [0.1, 0.15) is 22.6 Å². The number of H-pyrrole nitrogens is 1. The molecular formula is C14H14BrN3O. The largest absolute Gasteiger partial charge is 0.311 e. The number of aromatic amines is 1. The van der Waals surface area contributed by atoms with Crippen molar-refractivity contribution in [1.29, 1.82) is 0 Å². The summed E-state index contributed by atoms with van der Waals surface area (Å²) >= 11 is 3.52. The van der Waals surface area contributed by atoms with Crippen LogP contribution in [-0.2, 0) is 19.4 Å². The first-order valence-electron chi connectivity index (χ1n) is 6.29. The maximum Gasteiger partial charge on any atom is 0.254 e. The van der Waals surface area contributed by atoms with Crippen LogP contribution in [0.2, 0.25) is 0 Å². The molecule has 0 fully saturated rings. The molecule has 0 saturated heterocycles. The molecule has 0 amide bonds. The Morgan fingerprint density at radius 1 is 1.32 bits per heavy atom. The zero-order chi connectivity index (χ0) is 13.2. The van der Waals surface area contributed by atoms with Crippen molar-refractivity contribution in [3.63, 3.8) is 0 Å². The van der Waals surface area contributed by atoms with Gasteiger partial charge in [-0.2, -0.15) is 0 Å². The van der Waals surface area contributed by atoms with E-state index >= 15 is 0 Å². The molecule has 2 heterocycles. The average Bonchev–Trinajstić information content (AvgIpc) is 2.42. The van der Waals surface area contributed by atoms with E-state index in [4.69, 9.17) is 0 Å². The molecule has 1 aliphatic heterocycles. The quantitative estimate of drug-likeness (QED) is 0.887. The third-order valence-electron chi connectivity index (χ3n) is 3.31. The summed E-state index contributed by atoms with van der Waals surface area (Å²) in [7, 11) is 0. The molecule has 0 bridgehead atoms. The standard InChI is InChI=1S/C14H14BrN3O/c15-11-4-2-1-3-9(11)7-13-17-12-8-16-6-5-10(12)14(19)18-13/h1-4,16H,5-8H2,(H,17,18,19). The monoisotopic (exact) mass is 319 g/mol. The van der Waals surface area contributed by atoms with E-state index in [9.17, 15) is 4.79 Å². The molecule has 2 N–H and O–H groups in total. The van der Waals surface area contributed by atoms with Crippen molar-refractivity contribution in [3.05, 3.63) is 61.7 Å². The number of aromatic nitrogens is 2. The molecular weight excluding hydrogens is 306 g/mol. The molecule has 0 unspecified atom stereocenters. The minimum absolute atomic E-state index is 0.00792. The lowest BCUT2D eigenvalue weighted by molar-refractivity contribution is 0.612. The van der Waals surface area contributed by atoms with Crippen molar-refractivity contribution < 1.29 is 0 Å². The number of benzene rings is 1. The SMILES string of the molecule is O=c1[nH]c(Cc2ccccc2Br)nc2c1CCNC2. The van der Waals surface area contributed by atoms with E-state index in [-0.39, 0.29) is 5.56 Å². The summed E-state index contributed by atoms with van der Waals surface area (Å²) in [5.41, 5.74) is 2.84. The van der Waals surface area contributed by atoms with E-state index < -0.39 is 0 Å². The fourth-order valence-electron chi connectivity index (χ4n) is 2.33. The highest BCUT2D eigenvalue weighted by atomic mass is 79.9. The molecule has 19 heavy (non-hydrogen) atoms. The van der Waals surface area contributed by atoms with Crippen LogP contribution in [0.4, 0.5) is 0 Å². The summed E-state index contributed by atoms with van der Waals surface area (Å²) in [6.45, 7) is 1.53. The van der Waals surface area contributed by atoms with Crippen LogP contribution in [0, 0.1) is 0 Å². The second-order valence-electron chi connectivity index (χ2n) is 4.63. The zero-order valence-corrected chi connectivity index (χ0v) is 12.0. The van der Waals surface area contributed by atoms with Crippen molar-refractivity contribution in [3.8, 4) is 0 Å². The van der Waals surface area contributed by atoms with Crippen LogP contribution in [0.25, 0.3) is 0 Å². The second-order valence-corrected chi connectivity index (χ2v) is 5.49. The minimum atomic E-state index is 0.00792. The molecule has 1 aromatic heterocycles. The number of halogens is 1. The fraction of sp³-hybridized carbons (Fsp3) is 0.286. The third kappa shape index (κ3) is 2.62. The van der Waals surface area contributed by atoms with Crippen molar-refractivity contribution in [2.45, 2.75) is 19.4 Å². The van der Waals surface area contributed by atoms with Crippen LogP contribution in [0.5, 0.6) is 0 Å². The van der Waals surface area contributed by atoms with Gasteiger partial charge in [-0.05, 0) is 24.6 Å². The highest BCUT2D eigenvalue weighted by molar-refractivity contribution is 9.10. The lowest BCUT2D eigenvalue weighted by Crippen LogP contribution is -2.32. The Hall–Kier alpha value is -1.46. The van der Waals surface area contributed by atoms with Crippen LogP contribution < -0.4 is 10.9 Å². The van der Waals surface area contributed by atoms with Crippen molar-refractivity contribution >= 4 is 15.9 Å². The number of nitrogens with zero attached hydrogens (tertiary/aromatic N) is 1. The van der Waals surface area contributed by atoms with Gasteiger partial charge in [0.25, 0.3) is 5.56 Å². The summed E-state index contributed by atoms with van der Waals surface area (Å²) in [5, 5.41) is 3.25. The minimum Gasteiger partial charge on any atom is -0.311 e. The highest BCUT2D eigenvalue weighted by Crippen LogP contribution is 2.18. The Kier molecular flexibility index (Phi) is 3.48. The van der Waals surface area contributed by atoms with Gasteiger partial charge in [0.2, 0.25) is 0 Å². The molecule has 0 radical (unpaired) electrons. The molecule has 98 valence electrons. The van der Waals surface area contributed by atoms with Gasteiger partial charge in [0.15, 0.2) is 0 Å². The third-order valence-corrected chi connectivity index (χ3v) is 4.08. The van der Waals surface area contributed by atoms with Gasteiger partial charge in [0, 0.05) is 23.0 Å². The lowest BCUT2D eigenvalue weighted by Gasteiger charge is -2.16. The first kappa shape index (κ1) is 12.6. The van der Waals surface area contributed by atoms with E-state index in [1.54, 1.807) is 0 Å². The first-order chi connectivity index (χ1) is 9.24. The van der Waals surface area contributed by atoms with Gasteiger partial charge in [-0.1, -0.05) is 34.1 Å². The Morgan fingerprint density at radius 3 is 3.00 bits per heavy atom. The molecule has 1 aromatic carbocycles. The number of hydrogen-bond donors (Lipinski definition) is 2. The van der Waals surface area contributed by atoms with E-state index in [1.165, 1.54) is 0 Å². The van der Waals surface area contributed by atoms with Crippen LogP contribution in [0.15, 0.2) is 33.5 Å². The molecule has 0 saturated carbocycles. The van der Waals surface area contributed by atoms with E-state index in [1.807, 2.05) is 24.3 Å².